The lowest BCUT2D eigenvalue weighted by Gasteiger charge is -2.08. The second-order valence-electron chi connectivity index (χ2n) is 6.61. The average Bonchev–Trinajstić information content (AvgIpc) is 2.94. The van der Waals surface area contributed by atoms with E-state index in [1.165, 1.54) is 5.56 Å². The number of ether oxygens (including phenoxy) is 1. The zero-order valence-corrected chi connectivity index (χ0v) is 16.0. The number of carbonyl (C=O) groups is 1. The molecule has 0 aliphatic heterocycles. The maximum absolute atomic E-state index is 12.5. The quantitative estimate of drug-likeness (QED) is 0.697. The summed E-state index contributed by atoms with van der Waals surface area (Å²) in [5, 5.41) is 7.65. The van der Waals surface area contributed by atoms with Crippen LogP contribution in [0.5, 0.6) is 0 Å². The Labute approximate surface area is 160 Å². The standard InChI is InChI=1S/C22H25N3O2/c1-16-21(17(2)25(24-16)14-18-8-5-4-6-9-18)13-23-22(26)20-11-7-10-19(12-20)15-27-3/h4-12H,13-15H2,1-3H3,(H,23,26). The molecule has 0 aliphatic carbocycles. The number of amides is 1. The average molecular weight is 363 g/mol. The van der Waals surface area contributed by atoms with Crippen LogP contribution in [0.1, 0.15) is 38.4 Å². The van der Waals surface area contributed by atoms with Crippen molar-refractivity contribution in [1.29, 1.82) is 0 Å². The number of carbonyl (C=O) groups excluding carboxylic acids is 1. The summed E-state index contributed by atoms with van der Waals surface area (Å²) in [4.78, 5) is 12.5. The van der Waals surface area contributed by atoms with Gasteiger partial charge in [-0.3, -0.25) is 9.48 Å². The predicted octanol–water partition coefficient (Wildman–Crippen LogP) is 3.62. The number of nitrogens with zero attached hydrogens (tertiary/aromatic N) is 2. The van der Waals surface area contributed by atoms with Crippen molar-refractivity contribution in [3.63, 3.8) is 0 Å². The zero-order valence-electron chi connectivity index (χ0n) is 16.0. The van der Waals surface area contributed by atoms with E-state index in [0.717, 1.165) is 29.1 Å². The monoisotopic (exact) mass is 363 g/mol. The molecule has 0 atom stereocenters. The number of aromatic nitrogens is 2. The summed E-state index contributed by atoms with van der Waals surface area (Å²) >= 11 is 0. The Hall–Kier alpha value is -2.92. The van der Waals surface area contributed by atoms with Gasteiger partial charge in [-0.25, -0.2) is 0 Å². The van der Waals surface area contributed by atoms with Crippen LogP contribution in [0, 0.1) is 13.8 Å². The molecule has 1 aromatic heterocycles. The maximum Gasteiger partial charge on any atom is 0.251 e. The fourth-order valence-electron chi connectivity index (χ4n) is 3.14. The largest absolute Gasteiger partial charge is 0.380 e. The smallest absolute Gasteiger partial charge is 0.251 e. The van der Waals surface area contributed by atoms with Crippen molar-refractivity contribution >= 4 is 5.91 Å². The lowest BCUT2D eigenvalue weighted by molar-refractivity contribution is 0.0950. The lowest BCUT2D eigenvalue weighted by atomic mass is 10.1. The summed E-state index contributed by atoms with van der Waals surface area (Å²) in [6.45, 7) is 5.70. The van der Waals surface area contributed by atoms with Crippen LogP contribution in [0.25, 0.3) is 0 Å². The first kappa shape index (κ1) is 18.9. The molecule has 5 heteroatoms. The van der Waals surface area contributed by atoms with Gasteiger partial charge in [0.15, 0.2) is 0 Å². The van der Waals surface area contributed by atoms with Crippen LogP contribution in [-0.4, -0.2) is 22.8 Å². The lowest BCUT2D eigenvalue weighted by Crippen LogP contribution is -2.23. The topological polar surface area (TPSA) is 56.1 Å². The molecular weight excluding hydrogens is 338 g/mol. The number of methoxy groups -OCH3 is 1. The highest BCUT2D eigenvalue weighted by Crippen LogP contribution is 2.15. The Morgan fingerprint density at radius 3 is 2.56 bits per heavy atom. The van der Waals surface area contributed by atoms with Crippen molar-refractivity contribution < 1.29 is 9.53 Å². The van der Waals surface area contributed by atoms with Gasteiger partial charge in [0.25, 0.3) is 5.91 Å². The van der Waals surface area contributed by atoms with E-state index >= 15 is 0 Å². The number of benzene rings is 2. The van der Waals surface area contributed by atoms with Gasteiger partial charge in [-0.1, -0.05) is 42.5 Å². The predicted molar refractivity (Wildman–Crippen MR) is 106 cm³/mol. The minimum absolute atomic E-state index is 0.0948. The maximum atomic E-state index is 12.5. The van der Waals surface area contributed by atoms with Gasteiger partial charge in [0.1, 0.15) is 0 Å². The van der Waals surface area contributed by atoms with E-state index in [1.54, 1.807) is 7.11 Å². The molecule has 0 fully saturated rings. The van der Waals surface area contributed by atoms with Gasteiger partial charge in [-0.15, -0.1) is 0 Å². The van der Waals surface area contributed by atoms with Gasteiger partial charge in [0.2, 0.25) is 0 Å². The molecule has 1 amide bonds. The molecule has 5 nitrogen and oxygen atoms in total. The Morgan fingerprint density at radius 2 is 1.81 bits per heavy atom. The minimum Gasteiger partial charge on any atom is -0.380 e. The van der Waals surface area contributed by atoms with E-state index in [1.807, 2.05) is 61.0 Å². The van der Waals surface area contributed by atoms with Crippen LogP contribution in [-0.2, 0) is 24.4 Å². The third-order valence-electron chi connectivity index (χ3n) is 4.63. The van der Waals surface area contributed by atoms with Crippen molar-refractivity contribution in [2.75, 3.05) is 7.11 Å². The number of rotatable bonds is 7. The molecule has 1 N–H and O–H groups in total. The van der Waals surface area contributed by atoms with Gasteiger partial charge >= 0.3 is 0 Å². The highest BCUT2D eigenvalue weighted by atomic mass is 16.5. The van der Waals surface area contributed by atoms with Crippen LogP contribution in [0.2, 0.25) is 0 Å². The summed E-state index contributed by atoms with van der Waals surface area (Å²) in [7, 11) is 1.64. The summed E-state index contributed by atoms with van der Waals surface area (Å²) in [6, 6.07) is 17.7. The Bertz CT molecular complexity index is 917. The summed E-state index contributed by atoms with van der Waals surface area (Å²) in [6.07, 6.45) is 0. The second-order valence-corrected chi connectivity index (χ2v) is 6.61. The van der Waals surface area contributed by atoms with Crippen LogP contribution in [0.15, 0.2) is 54.6 Å². The first-order valence-corrected chi connectivity index (χ1v) is 9.01. The molecule has 0 bridgehead atoms. The molecular formula is C22H25N3O2. The molecule has 1 heterocycles. The van der Waals surface area contributed by atoms with E-state index < -0.39 is 0 Å². The third-order valence-corrected chi connectivity index (χ3v) is 4.63. The van der Waals surface area contributed by atoms with Crippen molar-refractivity contribution in [2.24, 2.45) is 0 Å². The molecule has 0 saturated heterocycles. The van der Waals surface area contributed by atoms with Crippen LogP contribution in [0.4, 0.5) is 0 Å². The number of hydrogen-bond donors (Lipinski definition) is 1. The number of aryl methyl sites for hydroxylation is 1. The number of nitrogens with one attached hydrogen (secondary N) is 1. The van der Waals surface area contributed by atoms with Crippen molar-refractivity contribution in [2.45, 2.75) is 33.5 Å². The molecule has 0 aliphatic rings. The Morgan fingerprint density at radius 1 is 1.07 bits per heavy atom. The number of hydrogen-bond acceptors (Lipinski definition) is 3. The van der Waals surface area contributed by atoms with Crippen LogP contribution < -0.4 is 5.32 Å². The molecule has 2 aromatic carbocycles. The molecule has 0 unspecified atom stereocenters. The zero-order chi connectivity index (χ0) is 19.2. The van der Waals surface area contributed by atoms with E-state index in [4.69, 9.17) is 4.74 Å². The van der Waals surface area contributed by atoms with E-state index in [2.05, 4.69) is 22.5 Å². The fourth-order valence-corrected chi connectivity index (χ4v) is 3.14. The molecule has 3 rings (SSSR count). The van der Waals surface area contributed by atoms with E-state index in [-0.39, 0.29) is 5.91 Å². The summed E-state index contributed by atoms with van der Waals surface area (Å²) < 4.78 is 7.12. The van der Waals surface area contributed by atoms with Crippen LogP contribution >= 0.6 is 0 Å². The molecule has 27 heavy (non-hydrogen) atoms. The minimum atomic E-state index is -0.0948. The van der Waals surface area contributed by atoms with Crippen LogP contribution in [0.3, 0.4) is 0 Å². The normalized spacial score (nSPS) is 10.8. The Kier molecular flexibility index (Phi) is 6.04. The van der Waals surface area contributed by atoms with Crippen molar-refractivity contribution in [1.82, 2.24) is 15.1 Å². The highest BCUT2D eigenvalue weighted by molar-refractivity contribution is 5.94. The van der Waals surface area contributed by atoms with E-state index in [0.29, 0.717) is 18.7 Å². The summed E-state index contributed by atoms with van der Waals surface area (Å²) in [5.41, 5.74) is 5.90. The molecule has 140 valence electrons. The second kappa shape index (κ2) is 8.64. The van der Waals surface area contributed by atoms with Gasteiger partial charge in [-0.2, -0.15) is 5.10 Å². The van der Waals surface area contributed by atoms with Crippen molar-refractivity contribution in [3.8, 4) is 0 Å². The highest BCUT2D eigenvalue weighted by Gasteiger charge is 2.14. The van der Waals surface area contributed by atoms with E-state index in [9.17, 15) is 4.79 Å². The first-order valence-electron chi connectivity index (χ1n) is 9.01. The molecule has 0 radical (unpaired) electrons. The van der Waals surface area contributed by atoms with Gasteiger partial charge in [0, 0.05) is 30.5 Å². The van der Waals surface area contributed by atoms with Gasteiger partial charge in [-0.05, 0) is 37.1 Å². The third kappa shape index (κ3) is 4.63. The molecule has 0 saturated carbocycles. The van der Waals surface area contributed by atoms with Gasteiger partial charge < -0.3 is 10.1 Å². The van der Waals surface area contributed by atoms with Gasteiger partial charge in [0.05, 0.1) is 18.8 Å². The molecule has 3 aromatic rings. The Balaban J connectivity index is 1.69. The van der Waals surface area contributed by atoms with Crippen molar-refractivity contribution in [3.05, 3.63) is 88.2 Å². The first-order chi connectivity index (χ1) is 13.1. The summed E-state index contributed by atoms with van der Waals surface area (Å²) in [5.74, 6) is -0.0948. The molecule has 0 spiro atoms. The fraction of sp³-hybridized carbons (Fsp3) is 0.273. The SMILES string of the molecule is COCc1cccc(C(=O)NCc2c(C)nn(Cc3ccccc3)c2C)c1.